The number of para-hydroxylation sites is 1. The quantitative estimate of drug-likeness (QED) is 0.247. The summed E-state index contributed by atoms with van der Waals surface area (Å²) in [5, 5.41) is 5.84. The molecule has 0 heterocycles. The third-order valence-electron chi connectivity index (χ3n) is 6.59. The van der Waals surface area contributed by atoms with E-state index in [0.29, 0.717) is 29.8 Å². The van der Waals surface area contributed by atoms with Gasteiger partial charge in [-0.05, 0) is 69.7 Å². The van der Waals surface area contributed by atoms with Gasteiger partial charge in [0.05, 0.1) is 0 Å². The largest absolute Gasteiger partial charge is 0.444 e. The van der Waals surface area contributed by atoms with E-state index in [1.54, 1.807) is 37.8 Å². The Bertz CT molecular complexity index is 1200. The van der Waals surface area contributed by atoms with E-state index in [-0.39, 0.29) is 17.7 Å². The molecule has 7 heteroatoms. The van der Waals surface area contributed by atoms with Gasteiger partial charge in [-0.25, -0.2) is 4.79 Å². The minimum atomic E-state index is -1.02. The van der Waals surface area contributed by atoms with Crippen LogP contribution in [0.25, 0.3) is 0 Å². The molecule has 0 aliphatic carbocycles. The number of amides is 3. The van der Waals surface area contributed by atoms with Crippen LogP contribution in [0.2, 0.25) is 0 Å². The Kier molecular flexibility index (Phi) is 11.8. The molecule has 2 aromatic carbocycles. The van der Waals surface area contributed by atoms with Crippen molar-refractivity contribution in [3.05, 3.63) is 64.7 Å². The van der Waals surface area contributed by atoms with Crippen molar-refractivity contribution >= 4 is 23.6 Å². The van der Waals surface area contributed by atoms with Gasteiger partial charge in [0.1, 0.15) is 17.7 Å². The third kappa shape index (κ3) is 8.87. The number of nitrogens with one attached hydrogen (secondary N) is 2. The monoisotopic (exact) mass is 547 g/mol. The average molecular weight is 548 g/mol. The summed E-state index contributed by atoms with van der Waals surface area (Å²) in [5.41, 5.74) is 2.87. The number of carbonyl (C=O) groups is 3. The molecule has 2 aromatic rings. The second-order valence-electron chi connectivity index (χ2n) is 11.5. The van der Waals surface area contributed by atoms with Gasteiger partial charge >= 0.3 is 6.09 Å². The molecule has 3 amide bonds. The summed E-state index contributed by atoms with van der Waals surface area (Å²) in [5.74, 6) is 1.68. The summed E-state index contributed by atoms with van der Waals surface area (Å²) in [6, 6.07) is 11.0. The first kappa shape index (κ1) is 32.4. The molecule has 216 valence electrons. The number of nitrogens with zero attached hydrogens (tertiary/aromatic N) is 1. The molecule has 40 heavy (non-hydrogen) atoms. The van der Waals surface area contributed by atoms with Crippen molar-refractivity contribution in [1.82, 2.24) is 10.2 Å². The van der Waals surface area contributed by atoms with Crippen molar-refractivity contribution in [3.63, 3.8) is 0 Å². The molecule has 2 atom stereocenters. The Balaban J connectivity index is 2.63. The van der Waals surface area contributed by atoms with E-state index in [1.165, 1.54) is 0 Å². The molecule has 0 fully saturated rings. The number of hydrogen-bond donors (Lipinski definition) is 2. The van der Waals surface area contributed by atoms with Crippen LogP contribution < -0.4 is 10.6 Å². The summed E-state index contributed by atoms with van der Waals surface area (Å²) in [7, 11) is 0. The first-order valence-electron chi connectivity index (χ1n) is 14.0. The van der Waals surface area contributed by atoms with Gasteiger partial charge in [0, 0.05) is 17.8 Å². The molecule has 2 unspecified atom stereocenters. The number of aryl methyl sites for hydroxylation is 2. The van der Waals surface area contributed by atoms with Crippen molar-refractivity contribution in [2.45, 2.75) is 92.3 Å². The van der Waals surface area contributed by atoms with Crippen LogP contribution in [0.1, 0.15) is 89.1 Å². The first-order valence-corrected chi connectivity index (χ1v) is 14.0. The lowest BCUT2D eigenvalue weighted by molar-refractivity contribution is -0.141. The van der Waals surface area contributed by atoms with E-state index in [9.17, 15) is 14.4 Å². The maximum absolute atomic E-state index is 14.3. The van der Waals surface area contributed by atoms with Crippen LogP contribution in [-0.2, 0) is 14.3 Å². The fourth-order valence-electron chi connectivity index (χ4n) is 4.55. The topological polar surface area (TPSA) is 87.7 Å². The van der Waals surface area contributed by atoms with Crippen LogP contribution in [0.5, 0.6) is 0 Å². The molecule has 2 rings (SSSR count). The Morgan fingerprint density at radius 3 is 2.17 bits per heavy atom. The van der Waals surface area contributed by atoms with Crippen LogP contribution in [0.3, 0.4) is 0 Å². The molecule has 0 saturated heterocycles. The normalized spacial score (nSPS) is 12.7. The van der Waals surface area contributed by atoms with Crippen LogP contribution in [0, 0.1) is 32.1 Å². The molecule has 0 spiro atoms. The van der Waals surface area contributed by atoms with Gasteiger partial charge in [0.15, 0.2) is 0 Å². The van der Waals surface area contributed by atoms with E-state index in [0.717, 1.165) is 24.0 Å². The molecular weight excluding hydrogens is 502 g/mol. The number of anilines is 1. The SMILES string of the molecule is C#Cc1ccccc1C(C(=O)Nc1c(C)cccc1C)N(CCCCC)C(=O)C(NC(=O)OC(C)(C)C)C(C)C. The van der Waals surface area contributed by atoms with Gasteiger partial charge < -0.3 is 20.3 Å². The minimum absolute atomic E-state index is 0.265. The molecule has 2 N–H and O–H groups in total. The van der Waals surface area contributed by atoms with E-state index in [1.807, 2.05) is 58.0 Å². The van der Waals surface area contributed by atoms with Crippen LogP contribution in [-0.4, -0.2) is 41.0 Å². The smallest absolute Gasteiger partial charge is 0.408 e. The van der Waals surface area contributed by atoms with Gasteiger partial charge in [-0.15, -0.1) is 6.42 Å². The van der Waals surface area contributed by atoms with Crippen molar-refractivity contribution in [2.24, 2.45) is 5.92 Å². The van der Waals surface area contributed by atoms with Gasteiger partial charge in [-0.3, -0.25) is 9.59 Å². The van der Waals surface area contributed by atoms with Gasteiger partial charge in [-0.1, -0.05) is 75.9 Å². The predicted molar refractivity (Wildman–Crippen MR) is 161 cm³/mol. The average Bonchev–Trinajstić information content (AvgIpc) is 2.87. The van der Waals surface area contributed by atoms with E-state index < -0.39 is 23.8 Å². The molecule has 0 aliphatic rings. The summed E-state index contributed by atoms with van der Waals surface area (Å²) in [6.45, 7) is 15.2. The zero-order valence-corrected chi connectivity index (χ0v) is 25.3. The molecule has 0 aromatic heterocycles. The Labute approximate surface area is 240 Å². The first-order chi connectivity index (χ1) is 18.8. The molecular formula is C33H45N3O4. The predicted octanol–water partition coefficient (Wildman–Crippen LogP) is 6.53. The Morgan fingerprint density at radius 1 is 1.00 bits per heavy atom. The zero-order valence-electron chi connectivity index (χ0n) is 25.3. The van der Waals surface area contributed by atoms with Gasteiger partial charge in [-0.2, -0.15) is 0 Å². The Morgan fingerprint density at radius 2 is 1.62 bits per heavy atom. The lowest BCUT2D eigenvalue weighted by Gasteiger charge is -2.36. The third-order valence-corrected chi connectivity index (χ3v) is 6.59. The minimum Gasteiger partial charge on any atom is -0.444 e. The van der Waals surface area contributed by atoms with Crippen LogP contribution in [0.15, 0.2) is 42.5 Å². The summed E-state index contributed by atoms with van der Waals surface area (Å²) in [6.07, 6.45) is 7.67. The van der Waals surface area contributed by atoms with Crippen molar-refractivity contribution < 1.29 is 19.1 Å². The number of terminal acetylenes is 1. The summed E-state index contributed by atoms with van der Waals surface area (Å²) in [4.78, 5) is 42.8. The molecule has 0 bridgehead atoms. The summed E-state index contributed by atoms with van der Waals surface area (Å²) < 4.78 is 5.45. The molecule has 0 saturated carbocycles. The van der Waals surface area contributed by atoms with E-state index >= 15 is 0 Å². The Hall–Kier alpha value is -3.79. The number of unbranched alkanes of at least 4 members (excludes halogenated alkanes) is 2. The lowest BCUT2D eigenvalue weighted by atomic mass is 9.95. The maximum atomic E-state index is 14.3. The highest BCUT2D eigenvalue weighted by Crippen LogP contribution is 2.30. The number of carbonyl (C=O) groups excluding carboxylic acids is 3. The van der Waals surface area contributed by atoms with Crippen LogP contribution in [0.4, 0.5) is 10.5 Å². The highest BCUT2D eigenvalue weighted by molar-refractivity contribution is 6.00. The maximum Gasteiger partial charge on any atom is 0.408 e. The fourth-order valence-corrected chi connectivity index (χ4v) is 4.55. The number of ether oxygens (including phenoxy) is 1. The number of benzene rings is 2. The van der Waals surface area contributed by atoms with Gasteiger partial charge in [0.25, 0.3) is 5.91 Å². The highest BCUT2D eigenvalue weighted by atomic mass is 16.6. The lowest BCUT2D eigenvalue weighted by Crippen LogP contribution is -2.54. The van der Waals surface area contributed by atoms with Crippen molar-refractivity contribution in [2.75, 3.05) is 11.9 Å². The number of alkyl carbamates (subject to hydrolysis) is 1. The van der Waals surface area contributed by atoms with E-state index in [2.05, 4.69) is 23.5 Å². The number of rotatable bonds is 11. The van der Waals surface area contributed by atoms with Crippen molar-refractivity contribution in [3.8, 4) is 12.3 Å². The number of hydrogen-bond acceptors (Lipinski definition) is 4. The second kappa shape index (κ2) is 14.6. The van der Waals surface area contributed by atoms with Crippen molar-refractivity contribution in [1.29, 1.82) is 0 Å². The second-order valence-corrected chi connectivity index (χ2v) is 11.5. The van der Waals surface area contributed by atoms with Crippen LogP contribution >= 0.6 is 0 Å². The fraction of sp³-hybridized carbons (Fsp3) is 0.485. The molecule has 0 aliphatic heterocycles. The molecule has 0 radical (unpaired) electrons. The van der Waals surface area contributed by atoms with E-state index in [4.69, 9.17) is 11.2 Å². The zero-order chi connectivity index (χ0) is 30.0. The van der Waals surface area contributed by atoms with Gasteiger partial charge in [0.2, 0.25) is 5.91 Å². The molecule has 7 nitrogen and oxygen atoms in total. The standard InChI is InChI=1S/C33H45N3O4/c1-10-12-15-21-36(31(38)27(22(3)4)35-32(39)40-33(7,8)9)29(26-20-14-13-19-25(26)11-2)30(37)34-28-23(5)17-16-18-24(28)6/h2,13-14,16-20,22,27,29H,10,12,15,21H2,1,3-9H3,(H,34,37)(H,35,39). The summed E-state index contributed by atoms with van der Waals surface area (Å²) >= 11 is 0. The highest BCUT2D eigenvalue weighted by Gasteiger charge is 2.38.